The second-order valence-corrected chi connectivity index (χ2v) is 3.46. The largest absolute Gasteiger partial charge is 0.349 e. The van der Waals surface area contributed by atoms with Crippen molar-refractivity contribution in [2.75, 3.05) is 14.1 Å². The highest BCUT2D eigenvalue weighted by molar-refractivity contribution is 5.76. The van der Waals surface area contributed by atoms with Crippen LogP contribution in [0, 0.1) is 0 Å². The molecule has 0 heterocycles. The average molecular weight is 183 g/mol. The molecular formula is C11H21NO. The molecule has 0 unspecified atom stereocenters. The molecule has 0 aliphatic heterocycles. The highest BCUT2D eigenvalue weighted by Gasteiger charge is 1.98. The first-order valence-corrected chi connectivity index (χ1v) is 5.03. The fraction of sp³-hybridized carbons (Fsp3) is 0.727. The zero-order valence-corrected chi connectivity index (χ0v) is 9.05. The van der Waals surface area contributed by atoms with Gasteiger partial charge >= 0.3 is 0 Å². The number of hydrogen-bond acceptors (Lipinski definition) is 1. The maximum atomic E-state index is 11.1. The summed E-state index contributed by atoms with van der Waals surface area (Å²) in [6.45, 7) is 2.19. The number of rotatable bonds is 6. The SMILES string of the molecule is CCCCC/C=C\CC(=O)N(C)C. The summed E-state index contributed by atoms with van der Waals surface area (Å²) in [6, 6.07) is 0. The topological polar surface area (TPSA) is 20.3 Å². The van der Waals surface area contributed by atoms with E-state index in [4.69, 9.17) is 0 Å². The van der Waals surface area contributed by atoms with E-state index in [2.05, 4.69) is 13.0 Å². The van der Waals surface area contributed by atoms with Gasteiger partial charge in [-0.25, -0.2) is 0 Å². The lowest BCUT2D eigenvalue weighted by Gasteiger charge is -2.06. The van der Waals surface area contributed by atoms with E-state index in [9.17, 15) is 4.79 Å². The minimum Gasteiger partial charge on any atom is -0.349 e. The molecule has 0 aliphatic carbocycles. The lowest BCUT2D eigenvalue weighted by atomic mass is 10.2. The van der Waals surface area contributed by atoms with Gasteiger partial charge in [0.25, 0.3) is 0 Å². The predicted octanol–water partition coefficient (Wildman–Crippen LogP) is 2.60. The Morgan fingerprint density at radius 1 is 1.23 bits per heavy atom. The van der Waals surface area contributed by atoms with Crippen LogP contribution in [0.4, 0.5) is 0 Å². The molecule has 0 atom stereocenters. The molecule has 1 amide bonds. The third-order valence-electron chi connectivity index (χ3n) is 1.93. The van der Waals surface area contributed by atoms with Gasteiger partial charge in [0.2, 0.25) is 5.91 Å². The van der Waals surface area contributed by atoms with Gasteiger partial charge in [0.1, 0.15) is 0 Å². The maximum Gasteiger partial charge on any atom is 0.225 e. The van der Waals surface area contributed by atoms with Gasteiger partial charge in [-0.2, -0.15) is 0 Å². The Balaban J connectivity index is 3.36. The summed E-state index contributed by atoms with van der Waals surface area (Å²) < 4.78 is 0. The predicted molar refractivity (Wildman–Crippen MR) is 56.6 cm³/mol. The number of carbonyl (C=O) groups excluding carboxylic acids is 1. The summed E-state index contributed by atoms with van der Waals surface area (Å²) >= 11 is 0. The van der Waals surface area contributed by atoms with Crippen LogP contribution < -0.4 is 0 Å². The van der Waals surface area contributed by atoms with Crippen LogP contribution in [0.25, 0.3) is 0 Å². The van der Waals surface area contributed by atoms with Crippen molar-refractivity contribution in [1.82, 2.24) is 4.90 Å². The third-order valence-corrected chi connectivity index (χ3v) is 1.93. The van der Waals surface area contributed by atoms with Gasteiger partial charge < -0.3 is 4.90 Å². The number of nitrogens with zero attached hydrogens (tertiary/aromatic N) is 1. The molecule has 2 nitrogen and oxygen atoms in total. The zero-order valence-electron chi connectivity index (χ0n) is 9.05. The van der Waals surface area contributed by atoms with Crippen molar-refractivity contribution in [1.29, 1.82) is 0 Å². The van der Waals surface area contributed by atoms with Gasteiger partial charge in [-0.15, -0.1) is 0 Å². The summed E-state index contributed by atoms with van der Waals surface area (Å²) in [4.78, 5) is 12.7. The lowest BCUT2D eigenvalue weighted by molar-refractivity contribution is -0.127. The Morgan fingerprint density at radius 2 is 1.92 bits per heavy atom. The molecule has 0 spiro atoms. The first kappa shape index (κ1) is 12.2. The highest BCUT2D eigenvalue weighted by Crippen LogP contribution is 2.00. The second kappa shape index (κ2) is 7.84. The minimum absolute atomic E-state index is 0.173. The van der Waals surface area contributed by atoms with Crippen molar-refractivity contribution in [3.05, 3.63) is 12.2 Å². The molecule has 0 radical (unpaired) electrons. The van der Waals surface area contributed by atoms with Gasteiger partial charge in [0, 0.05) is 20.5 Å². The van der Waals surface area contributed by atoms with Crippen molar-refractivity contribution in [3.63, 3.8) is 0 Å². The van der Waals surface area contributed by atoms with Crippen LogP contribution in [0.1, 0.15) is 39.0 Å². The van der Waals surface area contributed by atoms with Gasteiger partial charge in [-0.05, 0) is 12.8 Å². The molecule has 2 heteroatoms. The number of allylic oxidation sites excluding steroid dienone is 1. The van der Waals surface area contributed by atoms with Crippen LogP contribution in [0.3, 0.4) is 0 Å². The maximum absolute atomic E-state index is 11.1. The van der Waals surface area contributed by atoms with Gasteiger partial charge in [0.05, 0.1) is 0 Å². The van der Waals surface area contributed by atoms with Crippen LogP contribution in [0.2, 0.25) is 0 Å². The summed E-state index contributed by atoms with van der Waals surface area (Å²) in [5.41, 5.74) is 0. The molecule has 76 valence electrons. The average Bonchev–Trinajstić information content (AvgIpc) is 2.10. The molecule has 0 saturated carbocycles. The fourth-order valence-corrected chi connectivity index (χ4v) is 0.997. The normalized spacial score (nSPS) is 10.7. The standard InChI is InChI=1S/C11H21NO/c1-4-5-6-7-8-9-10-11(13)12(2)3/h8-9H,4-7,10H2,1-3H3/b9-8-. The van der Waals surface area contributed by atoms with Crippen molar-refractivity contribution in [2.24, 2.45) is 0 Å². The monoisotopic (exact) mass is 183 g/mol. The van der Waals surface area contributed by atoms with Crippen molar-refractivity contribution in [3.8, 4) is 0 Å². The number of carbonyl (C=O) groups is 1. The second-order valence-electron chi connectivity index (χ2n) is 3.46. The van der Waals surface area contributed by atoms with Gasteiger partial charge in [-0.1, -0.05) is 31.9 Å². The first-order chi connectivity index (χ1) is 6.18. The highest BCUT2D eigenvalue weighted by atomic mass is 16.2. The molecule has 0 rings (SSSR count). The molecule has 0 bridgehead atoms. The molecule has 0 N–H and O–H groups in total. The first-order valence-electron chi connectivity index (χ1n) is 5.03. The van der Waals surface area contributed by atoms with Gasteiger partial charge in [-0.3, -0.25) is 4.79 Å². The summed E-state index contributed by atoms with van der Waals surface area (Å²) in [5.74, 6) is 0.173. The van der Waals surface area contributed by atoms with Crippen molar-refractivity contribution >= 4 is 5.91 Å². The Bertz CT molecular complexity index is 161. The molecule has 0 aromatic rings. The smallest absolute Gasteiger partial charge is 0.225 e. The van der Waals surface area contributed by atoms with Crippen LogP contribution in [0.15, 0.2) is 12.2 Å². The van der Waals surface area contributed by atoms with E-state index >= 15 is 0 Å². The molecule has 0 fully saturated rings. The van der Waals surface area contributed by atoms with E-state index in [0.29, 0.717) is 6.42 Å². The van der Waals surface area contributed by atoms with Crippen LogP contribution in [-0.2, 0) is 4.79 Å². The van der Waals surface area contributed by atoms with E-state index in [1.807, 2.05) is 6.08 Å². The quantitative estimate of drug-likeness (QED) is 0.458. The number of hydrogen-bond donors (Lipinski definition) is 0. The van der Waals surface area contributed by atoms with Crippen LogP contribution >= 0.6 is 0 Å². The van der Waals surface area contributed by atoms with Crippen molar-refractivity contribution in [2.45, 2.75) is 39.0 Å². The van der Waals surface area contributed by atoms with E-state index in [1.165, 1.54) is 19.3 Å². The zero-order chi connectivity index (χ0) is 10.1. The van der Waals surface area contributed by atoms with Crippen LogP contribution in [0.5, 0.6) is 0 Å². The molecule has 0 saturated heterocycles. The van der Waals surface area contributed by atoms with E-state index in [1.54, 1.807) is 19.0 Å². The summed E-state index contributed by atoms with van der Waals surface area (Å²) in [6.07, 6.45) is 9.50. The minimum atomic E-state index is 0.173. The van der Waals surface area contributed by atoms with Gasteiger partial charge in [0.15, 0.2) is 0 Å². The summed E-state index contributed by atoms with van der Waals surface area (Å²) in [7, 11) is 3.57. The third kappa shape index (κ3) is 7.57. The Hall–Kier alpha value is -0.790. The van der Waals surface area contributed by atoms with E-state index in [0.717, 1.165) is 6.42 Å². The molecule has 0 aromatic carbocycles. The number of amides is 1. The fourth-order valence-electron chi connectivity index (χ4n) is 0.997. The molecule has 0 aromatic heterocycles. The van der Waals surface area contributed by atoms with E-state index in [-0.39, 0.29) is 5.91 Å². The van der Waals surface area contributed by atoms with Crippen LogP contribution in [-0.4, -0.2) is 24.9 Å². The lowest BCUT2D eigenvalue weighted by Crippen LogP contribution is -2.20. The summed E-state index contributed by atoms with van der Waals surface area (Å²) in [5, 5.41) is 0. The van der Waals surface area contributed by atoms with Crippen molar-refractivity contribution < 1.29 is 4.79 Å². The molecule has 0 aliphatic rings. The Morgan fingerprint density at radius 3 is 2.46 bits per heavy atom. The number of unbranched alkanes of at least 4 members (excludes halogenated alkanes) is 3. The Labute approximate surface area is 81.6 Å². The van der Waals surface area contributed by atoms with E-state index < -0.39 is 0 Å². The molecule has 13 heavy (non-hydrogen) atoms. The molecular weight excluding hydrogens is 162 g/mol. The Kier molecular flexibility index (Phi) is 7.36.